The van der Waals surface area contributed by atoms with E-state index in [0.29, 0.717) is 20.7 Å². The largest absolute Gasteiger partial charge is 0.389 e. The molecule has 0 saturated carbocycles. The second-order valence-electron chi connectivity index (χ2n) is 8.24. The number of anilines is 1. The number of nitrogens with one attached hydrogen (secondary N) is 1. The maximum atomic E-state index is 13.2. The van der Waals surface area contributed by atoms with Gasteiger partial charge in [0, 0.05) is 19.6 Å². The molecule has 0 bridgehead atoms. The molecule has 31 heavy (non-hydrogen) atoms. The van der Waals surface area contributed by atoms with Crippen molar-refractivity contribution in [3.8, 4) is 0 Å². The van der Waals surface area contributed by atoms with Gasteiger partial charge in [0.2, 0.25) is 0 Å². The van der Waals surface area contributed by atoms with Gasteiger partial charge in [-0.3, -0.25) is 4.79 Å². The minimum atomic E-state index is -0.420. The minimum Gasteiger partial charge on any atom is -0.389 e. The van der Waals surface area contributed by atoms with Crippen LogP contribution in [0.2, 0.25) is 0 Å². The minimum absolute atomic E-state index is 0.00314. The lowest BCUT2D eigenvalue weighted by Gasteiger charge is -2.22. The zero-order chi connectivity index (χ0) is 22.6. The van der Waals surface area contributed by atoms with Gasteiger partial charge >= 0.3 is 5.63 Å². The summed E-state index contributed by atoms with van der Waals surface area (Å²) in [6.45, 7) is 10.5. The highest BCUT2D eigenvalue weighted by atomic mass is 32.1. The average molecular weight is 450 g/mol. The maximum Gasteiger partial charge on any atom is 0.349 e. The molecule has 0 aliphatic rings. The first-order valence-electron chi connectivity index (χ1n) is 12.0. The number of carbonyl (C=O) groups is 1. The average Bonchev–Trinajstić information content (AvgIpc) is 3.09. The van der Waals surface area contributed by atoms with Crippen LogP contribution in [0, 0.1) is 6.92 Å². The number of aromatic nitrogens is 1. The first-order chi connectivity index (χ1) is 15.0. The van der Waals surface area contributed by atoms with Crippen LogP contribution in [0.5, 0.6) is 0 Å². The van der Waals surface area contributed by atoms with Crippen LogP contribution >= 0.6 is 11.3 Å². The highest BCUT2D eigenvalue weighted by Crippen LogP contribution is 2.29. The van der Waals surface area contributed by atoms with Gasteiger partial charge in [0.05, 0.1) is 4.88 Å². The maximum absolute atomic E-state index is 13.2. The van der Waals surface area contributed by atoms with E-state index in [1.807, 2.05) is 11.8 Å². The molecule has 2 rings (SSSR count). The van der Waals surface area contributed by atoms with Gasteiger partial charge in [-0.2, -0.15) is 4.98 Å². The first-order valence-corrected chi connectivity index (χ1v) is 12.8. The normalized spacial score (nSPS) is 11.2. The lowest BCUT2D eigenvalue weighted by atomic mass is 10.1. The summed E-state index contributed by atoms with van der Waals surface area (Å²) in [4.78, 5) is 33.4. The van der Waals surface area contributed by atoms with Crippen molar-refractivity contribution in [3.05, 3.63) is 20.9 Å². The molecule has 7 heteroatoms. The molecule has 0 atom stereocenters. The number of hydrogen-bond donors (Lipinski definition) is 1. The molecule has 0 aliphatic heterocycles. The molecule has 2 aromatic heterocycles. The predicted octanol–water partition coefficient (Wildman–Crippen LogP) is 6.37. The highest BCUT2D eigenvalue weighted by Gasteiger charge is 2.24. The standard InChI is InChI=1S/C24H39N3O3S/c1-5-8-11-12-13-14-15-25-24-26-21-19(23(29)30-24)18(4)20(31-21)22(28)27(16-9-6-2)17-10-7-3/h5-17H2,1-4H3,(H,25,26). The van der Waals surface area contributed by atoms with Gasteiger partial charge in [0.15, 0.2) is 0 Å². The fourth-order valence-electron chi connectivity index (χ4n) is 3.61. The number of unbranched alkanes of at least 4 members (excludes halogenated alkanes) is 7. The molecule has 1 amide bonds. The molecule has 6 nitrogen and oxygen atoms in total. The Morgan fingerprint density at radius 1 is 0.968 bits per heavy atom. The van der Waals surface area contributed by atoms with E-state index in [1.54, 1.807) is 0 Å². The van der Waals surface area contributed by atoms with Crippen molar-refractivity contribution in [2.24, 2.45) is 0 Å². The molecule has 0 fully saturated rings. The second-order valence-corrected chi connectivity index (χ2v) is 9.24. The molecule has 0 unspecified atom stereocenters. The Morgan fingerprint density at radius 2 is 1.58 bits per heavy atom. The quantitative estimate of drug-likeness (QED) is 0.320. The van der Waals surface area contributed by atoms with E-state index in [4.69, 9.17) is 4.42 Å². The van der Waals surface area contributed by atoms with Crippen molar-refractivity contribution < 1.29 is 9.21 Å². The van der Waals surface area contributed by atoms with Gasteiger partial charge in [-0.05, 0) is 31.7 Å². The van der Waals surface area contributed by atoms with Crippen LogP contribution < -0.4 is 10.9 Å². The Labute approximate surface area is 190 Å². The van der Waals surface area contributed by atoms with Crippen LogP contribution in [-0.2, 0) is 0 Å². The Bertz CT molecular complexity index is 867. The van der Waals surface area contributed by atoms with E-state index in [2.05, 4.69) is 31.1 Å². The number of fused-ring (bicyclic) bond motifs is 1. The first kappa shape index (κ1) is 25.4. The molecule has 2 heterocycles. The van der Waals surface area contributed by atoms with E-state index in [-0.39, 0.29) is 11.9 Å². The summed E-state index contributed by atoms with van der Waals surface area (Å²) >= 11 is 1.31. The van der Waals surface area contributed by atoms with Gasteiger partial charge in [-0.1, -0.05) is 65.7 Å². The molecule has 0 aromatic carbocycles. The van der Waals surface area contributed by atoms with Gasteiger partial charge in [-0.25, -0.2) is 4.79 Å². The number of nitrogens with zero attached hydrogens (tertiary/aromatic N) is 2. The summed E-state index contributed by atoms with van der Waals surface area (Å²) in [7, 11) is 0. The van der Waals surface area contributed by atoms with Crippen molar-refractivity contribution in [3.63, 3.8) is 0 Å². The number of carbonyl (C=O) groups excluding carboxylic acids is 1. The third-order valence-corrected chi connectivity index (χ3v) is 6.75. The van der Waals surface area contributed by atoms with Crippen molar-refractivity contribution in [1.82, 2.24) is 9.88 Å². The third-order valence-electron chi connectivity index (χ3n) is 5.58. The molecular formula is C24H39N3O3S. The van der Waals surface area contributed by atoms with Crippen LogP contribution in [0.25, 0.3) is 10.2 Å². The van der Waals surface area contributed by atoms with Gasteiger partial charge in [0.25, 0.3) is 11.9 Å². The summed E-state index contributed by atoms with van der Waals surface area (Å²) in [6.07, 6.45) is 11.2. The number of aryl methyl sites for hydroxylation is 1. The third kappa shape index (κ3) is 7.34. The molecular weight excluding hydrogens is 410 g/mol. The summed E-state index contributed by atoms with van der Waals surface area (Å²) in [5, 5.41) is 3.57. The molecule has 174 valence electrons. The zero-order valence-electron chi connectivity index (χ0n) is 19.7. The van der Waals surface area contributed by atoms with E-state index < -0.39 is 5.63 Å². The van der Waals surface area contributed by atoms with Gasteiger partial charge in [-0.15, -0.1) is 11.3 Å². The summed E-state index contributed by atoms with van der Waals surface area (Å²) < 4.78 is 5.40. The molecule has 0 saturated heterocycles. The SMILES string of the molecule is CCCCCCCCNc1nc2sc(C(=O)N(CCCC)CCCC)c(C)c2c(=O)o1. The zero-order valence-corrected chi connectivity index (χ0v) is 20.5. The molecule has 0 aliphatic carbocycles. The van der Waals surface area contributed by atoms with E-state index >= 15 is 0 Å². The monoisotopic (exact) mass is 449 g/mol. The molecule has 2 aromatic rings. The molecule has 0 spiro atoms. The van der Waals surface area contributed by atoms with Crippen molar-refractivity contribution in [2.75, 3.05) is 25.0 Å². The Hall–Kier alpha value is -1.89. The van der Waals surface area contributed by atoms with Crippen LogP contribution in [0.3, 0.4) is 0 Å². The summed E-state index contributed by atoms with van der Waals surface area (Å²) in [5.74, 6) is 0.00314. The second kappa shape index (κ2) is 13.5. The Morgan fingerprint density at radius 3 is 2.23 bits per heavy atom. The van der Waals surface area contributed by atoms with Crippen molar-refractivity contribution >= 4 is 33.5 Å². The number of hydrogen-bond acceptors (Lipinski definition) is 6. The van der Waals surface area contributed by atoms with Crippen LogP contribution in [0.4, 0.5) is 6.01 Å². The van der Waals surface area contributed by atoms with Crippen LogP contribution in [-0.4, -0.2) is 35.4 Å². The smallest absolute Gasteiger partial charge is 0.349 e. The molecule has 0 radical (unpaired) electrons. The van der Waals surface area contributed by atoms with E-state index in [1.165, 1.54) is 37.0 Å². The number of amides is 1. The van der Waals surface area contributed by atoms with Crippen molar-refractivity contribution in [1.29, 1.82) is 0 Å². The highest BCUT2D eigenvalue weighted by molar-refractivity contribution is 7.20. The Balaban J connectivity index is 2.11. The van der Waals surface area contributed by atoms with E-state index in [9.17, 15) is 9.59 Å². The lowest BCUT2D eigenvalue weighted by molar-refractivity contribution is 0.0755. The van der Waals surface area contributed by atoms with Crippen LogP contribution in [0.15, 0.2) is 9.21 Å². The fourth-order valence-corrected chi connectivity index (χ4v) is 4.74. The lowest BCUT2D eigenvalue weighted by Crippen LogP contribution is -2.32. The summed E-state index contributed by atoms with van der Waals surface area (Å²) in [5.41, 5.74) is 0.267. The Kier molecular flexibility index (Phi) is 11.1. The van der Waals surface area contributed by atoms with Gasteiger partial charge < -0.3 is 14.6 Å². The van der Waals surface area contributed by atoms with Gasteiger partial charge in [0.1, 0.15) is 10.2 Å². The fraction of sp³-hybridized carbons (Fsp3) is 0.708. The van der Waals surface area contributed by atoms with Crippen LogP contribution in [0.1, 0.15) is 100 Å². The molecule has 1 N–H and O–H groups in total. The van der Waals surface area contributed by atoms with Crippen molar-refractivity contribution in [2.45, 2.75) is 91.9 Å². The predicted molar refractivity (Wildman–Crippen MR) is 130 cm³/mol. The number of rotatable bonds is 15. The topological polar surface area (TPSA) is 75.4 Å². The summed E-state index contributed by atoms with van der Waals surface area (Å²) in [6, 6.07) is 0.250. The van der Waals surface area contributed by atoms with E-state index in [0.717, 1.165) is 58.2 Å². The number of thiophene rings is 1.